The lowest BCUT2D eigenvalue weighted by Gasteiger charge is -2.11. The van der Waals surface area contributed by atoms with Crippen LogP contribution in [-0.2, 0) is 10.0 Å². The average molecular weight is 308 g/mol. The number of nitrogens with zero attached hydrogens (tertiary/aromatic N) is 2. The van der Waals surface area contributed by atoms with Gasteiger partial charge in [-0.05, 0) is 12.1 Å². The first kappa shape index (κ1) is 14.7. The number of hydrogen-bond donors (Lipinski definition) is 2. The highest BCUT2D eigenvalue weighted by molar-refractivity contribution is 7.92. The van der Waals surface area contributed by atoms with Gasteiger partial charge in [-0.15, -0.1) is 0 Å². The molecule has 2 aromatic rings. The zero-order valence-electron chi connectivity index (χ0n) is 11.0. The number of benzene rings is 1. The van der Waals surface area contributed by atoms with Crippen LogP contribution >= 0.6 is 0 Å². The number of aromatic nitrogens is 1. The number of nitrogens with one attached hydrogen (secondary N) is 2. The van der Waals surface area contributed by atoms with Gasteiger partial charge >= 0.3 is 0 Å². The van der Waals surface area contributed by atoms with Gasteiger partial charge in [0.2, 0.25) is 0 Å². The molecule has 0 amide bonds. The van der Waals surface area contributed by atoms with E-state index >= 15 is 0 Å². The molecule has 0 aliphatic rings. The van der Waals surface area contributed by atoms with Crippen molar-refractivity contribution in [3.05, 3.63) is 52.8 Å². The molecule has 0 atom stereocenters. The number of sulfonamides is 1. The number of pyridine rings is 1. The Kier molecular flexibility index (Phi) is 4.03. The highest BCUT2D eigenvalue weighted by Gasteiger charge is 2.19. The van der Waals surface area contributed by atoms with Crippen molar-refractivity contribution in [3.8, 4) is 0 Å². The molecule has 0 aliphatic carbocycles. The molecular formula is C12H12N4O4S. The third kappa shape index (κ3) is 3.26. The fraction of sp³-hybridized carbons (Fsp3) is 0.0833. The first-order chi connectivity index (χ1) is 9.94. The molecule has 0 radical (unpaired) electrons. The van der Waals surface area contributed by atoms with E-state index in [9.17, 15) is 18.5 Å². The molecule has 1 heterocycles. The van der Waals surface area contributed by atoms with Crippen molar-refractivity contribution in [1.29, 1.82) is 0 Å². The van der Waals surface area contributed by atoms with Crippen molar-refractivity contribution < 1.29 is 13.3 Å². The van der Waals surface area contributed by atoms with Gasteiger partial charge in [-0.2, -0.15) is 0 Å². The standard InChI is InChI=1S/C12H12N4O4S/c1-13-11-5-6-14-8-12(11)21(19,20)15-9-3-2-4-10(7-9)16(17)18/h2-8,15H,1H3,(H,13,14). The summed E-state index contributed by atoms with van der Waals surface area (Å²) in [5.74, 6) is 0. The van der Waals surface area contributed by atoms with E-state index in [0.29, 0.717) is 5.69 Å². The molecule has 0 bridgehead atoms. The van der Waals surface area contributed by atoms with E-state index in [-0.39, 0.29) is 16.3 Å². The molecule has 0 fully saturated rings. The number of rotatable bonds is 5. The summed E-state index contributed by atoms with van der Waals surface area (Å²) in [4.78, 5) is 13.8. The minimum atomic E-state index is -3.90. The Morgan fingerprint density at radius 1 is 1.29 bits per heavy atom. The van der Waals surface area contributed by atoms with Crippen molar-refractivity contribution in [2.45, 2.75) is 4.90 Å². The smallest absolute Gasteiger partial charge is 0.271 e. The van der Waals surface area contributed by atoms with Crippen LogP contribution < -0.4 is 10.0 Å². The number of anilines is 2. The summed E-state index contributed by atoms with van der Waals surface area (Å²) in [5.41, 5.74) is 0.285. The molecule has 2 rings (SSSR count). The van der Waals surface area contributed by atoms with E-state index < -0.39 is 14.9 Å². The molecule has 9 heteroatoms. The molecule has 21 heavy (non-hydrogen) atoms. The van der Waals surface area contributed by atoms with Crippen LogP contribution in [0.1, 0.15) is 0 Å². The van der Waals surface area contributed by atoms with E-state index in [4.69, 9.17) is 0 Å². The fourth-order valence-electron chi connectivity index (χ4n) is 1.69. The van der Waals surface area contributed by atoms with Crippen LogP contribution in [0.15, 0.2) is 47.6 Å². The first-order valence-corrected chi connectivity index (χ1v) is 7.31. The zero-order valence-corrected chi connectivity index (χ0v) is 11.8. The van der Waals surface area contributed by atoms with E-state index in [1.54, 1.807) is 7.05 Å². The minimum Gasteiger partial charge on any atom is -0.387 e. The van der Waals surface area contributed by atoms with Gasteiger partial charge in [-0.1, -0.05) is 6.07 Å². The van der Waals surface area contributed by atoms with E-state index in [2.05, 4.69) is 15.0 Å². The summed E-state index contributed by atoms with van der Waals surface area (Å²) < 4.78 is 26.9. The lowest BCUT2D eigenvalue weighted by atomic mass is 10.3. The predicted molar refractivity (Wildman–Crippen MR) is 77.7 cm³/mol. The van der Waals surface area contributed by atoms with Crippen LogP contribution in [0.2, 0.25) is 0 Å². The van der Waals surface area contributed by atoms with Crippen molar-refractivity contribution in [3.63, 3.8) is 0 Å². The van der Waals surface area contributed by atoms with Gasteiger partial charge in [0.15, 0.2) is 0 Å². The molecule has 0 saturated heterocycles. The molecule has 1 aromatic carbocycles. The maximum atomic E-state index is 12.3. The maximum Gasteiger partial charge on any atom is 0.271 e. The molecule has 8 nitrogen and oxygen atoms in total. The molecule has 0 aliphatic heterocycles. The van der Waals surface area contributed by atoms with Gasteiger partial charge in [0.05, 0.1) is 16.3 Å². The number of nitro groups is 1. The van der Waals surface area contributed by atoms with Gasteiger partial charge in [0.25, 0.3) is 15.7 Å². The highest BCUT2D eigenvalue weighted by atomic mass is 32.2. The summed E-state index contributed by atoms with van der Waals surface area (Å²) in [6.45, 7) is 0. The Balaban J connectivity index is 2.38. The summed E-state index contributed by atoms with van der Waals surface area (Å²) in [7, 11) is -2.31. The topological polar surface area (TPSA) is 114 Å². The maximum absolute atomic E-state index is 12.3. The Bertz CT molecular complexity index is 776. The summed E-state index contributed by atoms with van der Waals surface area (Å²) in [6, 6.07) is 6.77. The monoisotopic (exact) mass is 308 g/mol. The van der Waals surface area contributed by atoms with E-state index in [1.165, 1.54) is 36.7 Å². The van der Waals surface area contributed by atoms with Gasteiger partial charge in [0.1, 0.15) is 4.90 Å². The van der Waals surface area contributed by atoms with Gasteiger partial charge < -0.3 is 5.32 Å². The number of nitro benzene ring substituents is 1. The predicted octanol–water partition coefficient (Wildman–Crippen LogP) is 1.83. The van der Waals surface area contributed by atoms with Crippen LogP contribution in [0.4, 0.5) is 17.1 Å². The van der Waals surface area contributed by atoms with E-state index in [1.807, 2.05) is 0 Å². The first-order valence-electron chi connectivity index (χ1n) is 5.83. The highest BCUT2D eigenvalue weighted by Crippen LogP contribution is 2.24. The van der Waals surface area contributed by atoms with Crippen LogP contribution in [0.5, 0.6) is 0 Å². The van der Waals surface area contributed by atoms with Crippen molar-refractivity contribution >= 4 is 27.1 Å². The average Bonchev–Trinajstić information content (AvgIpc) is 2.47. The third-order valence-electron chi connectivity index (χ3n) is 2.65. The minimum absolute atomic E-state index is 0.0426. The largest absolute Gasteiger partial charge is 0.387 e. The summed E-state index contributed by atoms with van der Waals surface area (Å²) >= 11 is 0. The Morgan fingerprint density at radius 2 is 2.05 bits per heavy atom. The Hall–Kier alpha value is -2.68. The van der Waals surface area contributed by atoms with Crippen LogP contribution in [0.3, 0.4) is 0 Å². The van der Waals surface area contributed by atoms with Gasteiger partial charge in [-0.25, -0.2) is 8.42 Å². The number of non-ortho nitro benzene ring substituents is 1. The lowest BCUT2D eigenvalue weighted by molar-refractivity contribution is -0.384. The lowest BCUT2D eigenvalue weighted by Crippen LogP contribution is -2.15. The van der Waals surface area contributed by atoms with Crippen molar-refractivity contribution in [2.24, 2.45) is 0 Å². The molecule has 1 aromatic heterocycles. The fourth-order valence-corrected chi connectivity index (χ4v) is 2.90. The number of hydrogen-bond acceptors (Lipinski definition) is 6. The summed E-state index contributed by atoms with van der Waals surface area (Å²) in [6.07, 6.45) is 2.66. The second-order valence-electron chi connectivity index (χ2n) is 4.03. The molecule has 110 valence electrons. The third-order valence-corrected chi connectivity index (χ3v) is 4.06. The van der Waals surface area contributed by atoms with E-state index in [0.717, 1.165) is 6.07 Å². The molecular weight excluding hydrogens is 296 g/mol. The second kappa shape index (κ2) is 5.75. The quantitative estimate of drug-likeness (QED) is 0.643. The zero-order chi connectivity index (χ0) is 15.5. The molecule has 0 saturated carbocycles. The van der Waals surface area contributed by atoms with Crippen LogP contribution in [0.25, 0.3) is 0 Å². The van der Waals surface area contributed by atoms with Gasteiger partial charge in [-0.3, -0.25) is 19.8 Å². The SMILES string of the molecule is CNc1ccncc1S(=O)(=O)Nc1cccc([N+](=O)[O-])c1. The van der Waals surface area contributed by atoms with Crippen molar-refractivity contribution in [1.82, 2.24) is 4.98 Å². The van der Waals surface area contributed by atoms with Crippen LogP contribution in [0, 0.1) is 10.1 Å². The Morgan fingerprint density at radius 3 is 2.71 bits per heavy atom. The summed E-state index contributed by atoms with van der Waals surface area (Å²) in [5, 5.41) is 13.4. The van der Waals surface area contributed by atoms with Crippen molar-refractivity contribution in [2.75, 3.05) is 17.1 Å². The molecule has 2 N–H and O–H groups in total. The van der Waals surface area contributed by atoms with Crippen LogP contribution in [-0.4, -0.2) is 25.4 Å². The Labute approximate surface area is 121 Å². The van der Waals surface area contributed by atoms with Gasteiger partial charge in [0, 0.05) is 31.6 Å². The molecule has 0 spiro atoms. The normalized spacial score (nSPS) is 10.9. The second-order valence-corrected chi connectivity index (χ2v) is 5.69. The molecule has 0 unspecified atom stereocenters.